The number of rotatable bonds is 4. The van der Waals surface area contributed by atoms with E-state index in [1.807, 2.05) is 0 Å². The van der Waals surface area contributed by atoms with Crippen molar-refractivity contribution in [1.29, 1.82) is 0 Å². The average molecular weight is 407 g/mol. The van der Waals surface area contributed by atoms with Gasteiger partial charge in [0.1, 0.15) is 11.0 Å². The Morgan fingerprint density at radius 3 is 2.61 bits per heavy atom. The summed E-state index contributed by atoms with van der Waals surface area (Å²) in [6.07, 6.45) is -0.437. The number of halogens is 2. The lowest BCUT2D eigenvalue weighted by Crippen LogP contribution is -2.43. The van der Waals surface area contributed by atoms with Gasteiger partial charge in [0.2, 0.25) is 5.91 Å². The number of carbonyl (C=O) groups is 3. The number of primary amides is 1. The summed E-state index contributed by atoms with van der Waals surface area (Å²) >= 11 is 5.75. The van der Waals surface area contributed by atoms with Crippen LogP contribution in [0, 0.1) is 5.82 Å². The number of anilines is 1. The van der Waals surface area contributed by atoms with Crippen molar-refractivity contribution in [3.05, 3.63) is 47.0 Å². The van der Waals surface area contributed by atoms with Crippen molar-refractivity contribution in [2.24, 2.45) is 5.73 Å². The smallest absolute Gasteiger partial charge is 0.416 e. The van der Waals surface area contributed by atoms with Crippen LogP contribution in [-0.4, -0.2) is 35.2 Å². The van der Waals surface area contributed by atoms with Crippen LogP contribution in [0.4, 0.5) is 14.9 Å². The van der Waals surface area contributed by atoms with Gasteiger partial charge in [0.05, 0.1) is 17.3 Å². The zero-order valence-corrected chi connectivity index (χ0v) is 15.7. The Morgan fingerprint density at radius 2 is 2.04 bits per heavy atom. The number of carbonyl (C=O) groups excluding carboxylic acids is 3. The number of cyclic esters (lactones) is 1. The molecule has 1 aromatic carbocycles. The number of aromatic nitrogens is 1. The molecule has 1 fully saturated rings. The fourth-order valence-corrected chi connectivity index (χ4v) is 3.10. The molecule has 0 aliphatic carbocycles. The van der Waals surface area contributed by atoms with Crippen LogP contribution < -0.4 is 16.0 Å². The number of nitrogens with one attached hydrogen (secondary N) is 1. The van der Waals surface area contributed by atoms with Crippen molar-refractivity contribution in [3.63, 3.8) is 0 Å². The molecule has 1 aliphatic heterocycles. The fourth-order valence-electron chi connectivity index (χ4n) is 2.99. The molecule has 1 unspecified atom stereocenters. The number of nitrogens with two attached hydrogens (primary N) is 1. The summed E-state index contributed by atoms with van der Waals surface area (Å²) in [5.74, 6) is -2.37. The summed E-state index contributed by atoms with van der Waals surface area (Å²) in [6.45, 7) is 2.86. The van der Waals surface area contributed by atoms with E-state index in [0.29, 0.717) is 5.56 Å². The summed E-state index contributed by atoms with van der Waals surface area (Å²) in [5.41, 5.74) is 5.32. The quantitative estimate of drug-likeness (QED) is 0.757. The van der Waals surface area contributed by atoms with Gasteiger partial charge in [-0.25, -0.2) is 14.2 Å². The number of hydrogen-bond donors (Lipinski definition) is 2. The van der Waals surface area contributed by atoms with Gasteiger partial charge >= 0.3 is 6.09 Å². The standard InChI is InChI=1S/C18H16ClFN4O4/c1-8-17(23-9(2)25)28-18(27)24(8)12-5-4-11(15(20)14(12)16(21)26)10-3-6-13(19)22-7-10/h3-8,17H,1-2H3,(H2,21,26)(H,23,25)/t8?,17-/m0/s1. The van der Waals surface area contributed by atoms with E-state index in [0.717, 1.165) is 4.90 Å². The van der Waals surface area contributed by atoms with Crippen molar-refractivity contribution in [1.82, 2.24) is 10.3 Å². The molecule has 3 N–H and O–H groups in total. The molecule has 2 heterocycles. The van der Waals surface area contributed by atoms with Crippen molar-refractivity contribution >= 4 is 35.2 Å². The number of nitrogens with zero attached hydrogens (tertiary/aromatic N) is 2. The normalized spacial score (nSPS) is 18.7. The first-order chi connectivity index (χ1) is 13.2. The van der Waals surface area contributed by atoms with E-state index < -0.39 is 41.6 Å². The van der Waals surface area contributed by atoms with E-state index in [2.05, 4.69) is 10.3 Å². The van der Waals surface area contributed by atoms with Crippen LogP contribution in [0.1, 0.15) is 24.2 Å². The number of ether oxygens (including phenoxy) is 1. The lowest BCUT2D eigenvalue weighted by Gasteiger charge is -2.23. The van der Waals surface area contributed by atoms with Gasteiger partial charge in [-0.1, -0.05) is 11.6 Å². The van der Waals surface area contributed by atoms with E-state index >= 15 is 4.39 Å². The summed E-state index contributed by atoms with van der Waals surface area (Å²) in [4.78, 5) is 40.6. The molecule has 28 heavy (non-hydrogen) atoms. The molecule has 1 aromatic heterocycles. The van der Waals surface area contributed by atoms with E-state index in [1.54, 1.807) is 6.92 Å². The van der Waals surface area contributed by atoms with Crippen molar-refractivity contribution in [3.8, 4) is 11.1 Å². The molecule has 0 bridgehead atoms. The Hall–Kier alpha value is -3.20. The van der Waals surface area contributed by atoms with Crippen LogP contribution in [-0.2, 0) is 9.53 Å². The summed E-state index contributed by atoms with van der Waals surface area (Å²) in [6, 6.07) is 5.11. The maximum atomic E-state index is 15.2. The molecule has 146 valence electrons. The molecule has 1 aliphatic rings. The minimum Gasteiger partial charge on any atom is -0.423 e. The Morgan fingerprint density at radius 1 is 1.32 bits per heavy atom. The summed E-state index contributed by atoms with van der Waals surface area (Å²) in [5, 5.41) is 2.70. The first kappa shape index (κ1) is 19.6. The largest absolute Gasteiger partial charge is 0.423 e. The second-order valence-electron chi connectivity index (χ2n) is 6.17. The third-order valence-electron chi connectivity index (χ3n) is 4.28. The number of benzene rings is 1. The topological polar surface area (TPSA) is 115 Å². The highest BCUT2D eigenvalue weighted by Gasteiger charge is 2.42. The second kappa shape index (κ2) is 7.43. The highest BCUT2D eigenvalue weighted by atomic mass is 35.5. The lowest BCUT2D eigenvalue weighted by atomic mass is 10.0. The third-order valence-corrected chi connectivity index (χ3v) is 4.50. The molecule has 8 nitrogen and oxygen atoms in total. The predicted molar refractivity (Wildman–Crippen MR) is 99.2 cm³/mol. The van der Waals surface area contributed by atoms with Gasteiger partial charge in [0.25, 0.3) is 5.91 Å². The molecule has 3 amide bonds. The van der Waals surface area contributed by atoms with Gasteiger partial charge in [-0.2, -0.15) is 0 Å². The highest BCUT2D eigenvalue weighted by molar-refractivity contribution is 6.29. The minimum atomic E-state index is -1.06. The summed E-state index contributed by atoms with van der Waals surface area (Å²) < 4.78 is 20.3. The molecule has 1 saturated heterocycles. The van der Waals surface area contributed by atoms with Crippen LogP contribution >= 0.6 is 11.6 Å². The second-order valence-corrected chi connectivity index (χ2v) is 6.56. The number of amides is 3. The van der Waals surface area contributed by atoms with Crippen LogP contribution in [0.25, 0.3) is 11.1 Å². The van der Waals surface area contributed by atoms with Crippen LogP contribution in [0.15, 0.2) is 30.5 Å². The molecule has 2 atom stereocenters. The number of hydrogen-bond acceptors (Lipinski definition) is 5. The Kier molecular flexibility index (Phi) is 5.19. The maximum Gasteiger partial charge on any atom is 0.416 e. The van der Waals surface area contributed by atoms with E-state index in [-0.39, 0.29) is 16.4 Å². The first-order valence-electron chi connectivity index (χ1n) is 8.22. The molecule has 2 aromatic rings. The Balaban J connectivity index is 2.08. The minimum absolute atomic E-state index is 0.0546. The van der Waals surface area contributed by atoms with Crippen molar-refractivity contribution in [2.45, 2.75) is 26.1 Å². The van der Waals surface area contributed by atoms with Gasteiger partial charge in [-0.3, -0.25) is 14.5 Å². The Bertz CT molecular complexity index is 967. The zero-order chi connectivity index (χ0) is 20.6. The molecular formula is C18H16ClFN4O4. The van der Waals surface area contributed by atoms with Crippen LogP contribution in [0.5, 0.6) is 0 Å². The fraction of sp³-hybridized carbons (Fsp3) is 0.222. The van der Waals surface area contributed by atoms with Gasteiger partial charge in [0, 0.05) is 24.2 Å². The van der Waals surface area contributed by atoms with Crippen molar-refractivity contribution in [2.75, 3.05) is 4.90 Å². The van der Waals surface area contributed by atoms with Gasteiger partial charge in [-0.15, -0.1) is 0 Å². The molecule has 10 heteroatoms. The van der Waals surface area contributed by atoms with Crippen LogP contribution in [0.3, 0.4) is 0 Å². The molecular weight excluding hydrogens is 391 g/mol. The third kappa shape index (κ3) is 3.48. The number of pyridine rings is 1. The van der Waals surface area contributed by atoms with E-state index in [4.69, 9.17) is 22.1 Å². The average Bonchev–Trinajstić information content (AvgIpc) is 2.88. The zero-order valence-electron chi connectivity index (χ0n) is 14.9. The van der Waals surface area contributed by atoms with Gasteiger partial charge in [-0.05, 0) is 31.2 Å². The Labute approximate surface area is 164 Å². The molecule has 0 spiro atoms. The monoisotopic (exact) mass is 406 g/mol. The SMILES string of the molecule is CC(=O)N[C@H]1OC(=O)N(c2ccc(-c3ccc(Cl)nc3)c(F)c2C(N)=O)C1C. The maximum absolute atomic E-state index is 15.2. The van der Waals surface area contributed by atoms with Gasteiger partial charge < -0.3 is 15.8 Å². The lowest BCUT2D eigenvalue weighted by molar-refractivity contribution is -0.121. The molecule has 0 radical (unpaired) electrons. The van der Waals surface area contributed by atoms with Gasteiger partial charge in [0.15, 0.2) is 6.23 Å². The van der Waals surface area contributed by atoms with E-state index in [1.165, 1.54) is 37.4 Å². The van der Waals surface area contributed by atoms with E-state index in [9.17, 15) is 14.4 Å². The molecule has 3 rings (SSSR count). The van der Waals surface area contributed by atoms with Crippen molar-refractivity contribution < 1.29 is 23.5 Å². The summed E-state index contributed by atoms with van der Waals surface area (Å²) in [7, 11) is 0. The molecule has 0 saturated carbocycles. The first-order valence-corrected chi connectivity index (χ1v) is 8.59. The predicted octanol–water partition coefficient (Wildman–Crippen LogP) is 2.45. The highest BCUT2D eigenvalue weighted by Crippen LogP contribution is 2.35. The van der Waals surface area contributed by atoms with Crippen LogP contribution in [0.2, 0.25) is 5.15 Å².